The first-order valence-corrected chi connectivity index (χ1v) is 12.4. The molecule has 0 saturated carbocycles. The maximum atomic E-state index is 5.83. The second-order valence-electron chi connectivity index (χ2n) is 9.13. The number of nitrogens with two attached hydrogens (primary N) is 1. The van der Waals surface area contributed by atoms with Crippen molar-refractivity contribution in [1.82, 2.24) is 30.1 Å². The summed E-state index contributed by atoms with van der Waals surface area (Å²) in [6.45, 7) is 0.504. The van der Waals surface area contributed by atoms with Gasteiger partial charge in [0.05, 0.1) is 11.2 Å². The molecule has 7 aromatic rings. The Morgan fingerprint density at radius 3 is 2.42 bits per heavy atom. The number of rotatable bonds is 5. The van der Waals surface area contributed by atoms with E-state index in [1.165, 1.54) is 0 Å². The van der Waals surface area contributed by atoms with Crippen LogP contribution in [0.3, 0.4) is 0 Å². The van der Waals surface area contributed by atoms with E-state index in [9.17, 15) is 0 Å². The van der Waals surface area contributed by atoms with E-state index in [1.807, 2.05) is 54.7 Å². The van der Waals surface area contributed by atoms with Crippen molar-refractivity contribution in [3.05, 3.63) is 109 Å². The second kappa shape index (κ2) is 9.06. The Morgan fingerprint density at radius 2 is 1.58 bits per heavy atom. The van der Waals surface area contributed by atoms with Crippen molar-refractivity contribution in [2.45, 2.75) is 6.54 Å². The van der Waals surface area contributed by atoms with Crippen LogP contribution in [0, 0.1) is 0 Å². The largest absolute Gasteiger partial charge is 0.361 e. The molecule has 7 nitrogen and oxygen atoms in total. The molecule has 4 N–H and O–H groups in total. The van der Waals surface area contributed by atoms with E-state index in [0.717, 1.165) is 55.3 Å². The number of benzene rings is 3. The normalized spacial score (nSPS) is 11.4. The summed E-state index contributed by atoms with van der Waals surface area (Å²) in [4.78, 5) is 17.9. The Labute approximate surface area is 218 Å². The van der Waals surface area contributed by atoms with E-state index < -0.39 is 0 Å². The van der Waals surface area contributed by atoms with E-state index in [0.29, 0.717) is 23.9 Å². The Balaban J connectivity index is 1.41. The summed E-state index contributed by atoms with van der Waals surface area (Å²) < 4.78 is 0. The molecule has 0 bridgehead atoms. The van der Waals surface area contributed by atoms with Crippen LogP contribution in [0.1, 0.15) is 5.56 Å². The van der Waals surface area contributed by atoms with Gasteiger partial charge in [0.25, 0.3) is 0 Å². The highest BCUT2D eigenvalue weighted by molar-refractivity contribution is 5.98. The fourth-order valence-electron chi connectivity index (χ4n) is 4.91. The monoisotopic (exact) mass is 493 g/mol. The van der Waals surface area contributed by atoms with Crippen LogP contribution in [0.15, 0.2) is 103 Å². The number of aromatic amines is 2. The number of fused-ring (bicyclic) bond motifs is 2. The van der Waals surface area contributed by atoms with Crippen molar-refractivity contribution < 1.29 is 0 Å². The van der Waals surface area contributed by atoms with Gasteiger partial charge in [0.15, 0.2) is 11.6 Å². The summed E-state index contributed by atoms with van der Waals surface area (Å²) in [5.41, 5.74) is 14.5. The van der Waals surface area contributed by atoms with Crippen molar-refractivity contribution in [1.29, 1.82) is 0 Å². The summed E-state index contributed by atoms with van der Waals surface area (Å²) in [5, 5.41) is 9.63. The molecule has 0 aliphatic rings. The van der Waals surface area contributed by atoms with E-state index in [-0.39, 0.29) is 0 Å². The lowest BCUT2D eigenvalue weighted by Crippen LogP contribution is -1.97. The smallest absolute Gasteiger partial charge is 0.182 e. The molecule has 0 aliphatic heterocycles. The minimum Gasteiger partial charge on any atom is -0.361 e. The molecule has 4 aromatic heterocycles. The summed E-state index contributed by atoms with van der Waals surface area (Å²) >= 11 is 0. The molecule has 7 rings (SSSR count). The Kier molecular flexibility index (Phi) is 5.27. The number of hydrogen-bond acceptors (Lipinski definition) is 5. The molecular formula is C31H23N7. The quantitative estimate of drug-likeness (QED) is 0.259. The zero-order valence-corrected chi connectivity index (χ0v) is 20.4. The Hall–Kier alpha value is -5.14. The van der Waals surface area contributed by atoms with Crippen molar-refractivity contribution in [3.63, 3.8) is 0 Å². The lowest BCUT2D eigenvalue weighted by Gasteiger charge is -2.13. The van der Waals surface area contributed by atoms with Crippen molar-refractivity contribution >= 4 is 21.8 Å². The van der Waals surface area contributed by atoms with Crippen LogP contribution in [-0.4, -0.2) is 30.1 Å². The summed E-state index contributed by atoms with van der Waals surface area (Å²) in [6, 6.07) is 30.7. The number of hydrogen-bond donors (Lipinski definition) is 3. The fourth-order valence-corrected chi connectivity index (χ4v) is 4.91. The zero-order chi connectivity index (χ0) is 25.5. The molecule has 38 heavy (non-hydrogen) atoms. The lowest BCUT2D eigenvalue weighted by molar-refractivity contribution is 1.07. The number of pyridine rings is 2. The fraction of sp³-hybridized carbons (Fsp3) is 0.0323. The molecule has 7 heteroatoms. The standard InChI is InChI=1S/C31H23N7/c32-18-19-9-11-21(12-10-19)28-24(20-5-2-1-3-6-20)17-25-27(35-28)14-16-34-29(25)31-36-30(37-38-31)23-7-4-8-26-22(23)13-15-33-26/h1-17,33H,18,32H2,(H,36,37,38). The molecule has 0 saturated heterocycles. The van der Waals surface area contributed by atoms with Crippen LogP contribution < -0.4 is 5.73 Å². The lowest BCUT2D eigenvalue weighted by atomic mass is 9.96. The van der Waals surface area contributed by atoms with Gasteiger partial charge in [-0.15, -0.1) is 0 Å². The van der Waals surface area contributed by atoms with Crippen molar-refractivity contribution in [2.24, 2.45) is 5.73 Å². The number of nitrogens with one attached hydrogen (secondary N) is 2. The molecule has 182 valence electrons. The molecule has 4 heterocycles. The van der Waals surface area contributed by atoms with Crippen LogP contribution in [0.2, 0.25) is 0 Å². The summed E-state index contributed by atoms with van der Waals surface area (Å²) in [6.07, 6.45) is 3.69. The molecule has 0 aliphatic carbocycles. The van der Waals surface area contributed by atoms with E-state index in [2.05, 4.69) is 57.6 Å². The van der Waals surface area contributed by atoms with Crippen LogP contribution in [0.25, 0.3) is 67.1 Å². The first-order valence-electron chi connectivity index (χ1n) is 12.4. The van der Waals surface area contributed by atoms with Gasteiger partial charge in [-0.3, -0.25) is 10.1 Å². The van der Waals surface area contributed by atoms with E-state index >= 15 is 0 Å². The summed E-state index contributed by atoms with van der Waals surface area (Å²) in [5.74, 6) is 1.22. The Morgan fingerprint density at radius 1 is 0.711 bits per heavy atom. The maximum Gasteiger partial charge on any atom is 0.182 e. The summed E-state index contributed by atoms with van der Waals surface area (Å²) in [7, 11) is 0. The topological polar surface area (TPSA) is 109 Å². The van der Waals surface area contributed by atoms with Crippen LogP contribution in [-0.2, 0) is 6.54 Å². The van der Waals surface area contributed by atoms with Crippen LogP contribution in [0.4, 0.5) is 0 Å². The van der Waals surface area contributed by atoms with Gasteiger partial charge in [-0.25, -0.2) is 9.97 Å². The molecule has 0 radical (unpaired) electrons. The zero-order valence-electron chi connectivity index (χ0n) is 20.4. The van der Waals surface area contributed by atoms with Gasteiger partial charge < -0.3 is 10.7 Å². The average molecular weight is 494 g/mol. The molecular weight excluding hydrogens is 470 g/mol. The third kappa shape index (κ3) is 3.73. The van der Waals surface area contributed by atoms with Gasteiger partial charge in [0.1, 0.15) is 5.69 Å². The minimum absolute atomic E-state index is 0.504. The number of nitrogens with zero attached hydrogens (tertiary/aromatic N) is 4. The van der Waals surface area contributed by atoms with Gasteiger partial charge >= 0.3 is 0 Å². The minimum atomic E-state index is 0.504. The van der Waals surface area contributed by atoms with Gasteiger partial charge in [0.2, 0.25) is 0 Å². The molecule has 0 spiro atoms. The first kappa shape index (κ1) is 22.1. The second-order valence-corrected chi connectivity index (χ2v) is 9.13. The third-order valence-electron chi connectivity index (χ3n) is 6.84. The Bertz CT molecular complexity index is 1900. The predicted molar refractivity (Wildman–Crippen MR) is 151 cm³/mol. The average Bonchev–Trinajstić information content (AvgIpc) is 3.67. The SMILES string of the molecule is NCc1ccc(-c2nc3ccnc(-c4nc(-c5cccc6[nH]ccc56)n[nH]4)c3cc2-c2ccccc2)cc1. The van der Waals surface area contributed by atoms with Crippen molar-refractivity contribution in [3.8, 4) is 45.3 Å². The van der Waals surface area contributed by atoms with Crippen LogP contribution in [0.5, 0.6) is 0 Å². The van der Waals surface area contributed by atoms with Gasteiger partial charge in [-0.2, -0.15) is 5.10 Å². The number of aromatic nitrogens is 6. The molecule has 3 aromatic carbocycles. The molecule has 0 atom stereocenters. The highest BCUT2D eigenvalue weighted by Gasteiger charge is 2.18. The third-order valence-corrected chi connectivity index (χ3v) is 6.84. The van der Waals surface area contributed by atoms with Gasteiger partial charge in [-0.05, 0) is 35.4 Å². The number of H-pyrrole nitrogens is 2. The highest BCUT2D eigenvalue weighted by atomic mass is 15.2. The molecule has 0 amide bonds. The highest BCUT2D eigenvalue weighted by Crippen LogP contribution is 2.36. The predicted octanol–water partition coefficient (Wildman–Crippen LogP) is 6.36. The van der Waals surface area contributed by atoms with Crippen LogP contribution >= 0.6 is 0 Å². The van der Waals surface area contributed by atoms with Gasteiger partial charge in [-0.1, -0.05) is 66.7 Å². The molecule has 0 fully saturated rings. The first-order chi connectivity index (χ1) is 18.8. The van der Waals surface area contributed by atoms with Crippen molar-refractivity contribution in [2.75, 3.05) is 0 Å². The molecule has 0 unspecified atom stereocenters. The van der Waals surface area contributed by atoms with E-state index in [4.69, 9.17) is 20.7 Å². The van der Waals surface area contributed by atoms with E-state index in [1.54, 1.807) is 6.20 Å². The van der Waals surface area contributed by atoms with Gasteiger partial charge in [0, 0.05) is 51.9 Å². The maximum absolute atomic E-state index is 5.83.